The summed E-state index contributed by atoms with van der Waals surface area (Å²) in [5.41, 5.74) is 2.15. The molecule has 1 aromatic carbocycles. The smallest absolute Gasteiger partial charge is 0.321 e. The Morgan fingerprint density at radius 1 is 1.24 bits per heavy atom. The molecule has 0 saturated carbocycles. The molecule has 2 aromatic rings. The molecule has 1 fully saturated rings. The number of anilines is 1. The number of carbonyl (C=O) groups is 2. The number of rotatable bonds is 6. The molecule has 10 heteroatoms. The van der Waals surface area contributed by atoms with E-state index < -0.39 is 11.3 Å². The van der Waals surface area contributed by atoms with Crippen molar-refractivity contribution in [3.8, 4) is 5.69 Å². The van der Waals surface area contributed by atoms with Gasteiger partial charge in [-0.05, 0) is 25.0 Å². The fourth-order valence-corrected chi connectivity index (χ4v) is 3.89. The summed E-state index contributed by atoms with van der Waals surface area (Å²) < 4.78 is 7.47. The Morgan fingerprint density at radius 2 is 1.97 bits per heavy atom. The minimum atomic E-state index is -0.533. The molecular weight excluding hydrogens is 392 g/mol. The van der Waals surface area contributed by atoms with Crippen LogP contribution in [0.4, 0.5) is 10.7 Å². The van der Waals surface area contributed by atoms with Crippen molar-refractivity contribution in [1.82, 2.24) is 25.4 Å². The van der Waals surface area contributed by atoms with E-state index >= 15 is 0 Å². The van der Waals surface area contributed by atoms with Gasteiger partial charge in [0.2, 0.25) is 11.9 Å². The van der Waals surface area contributed by atoms with Gasteiger partial charge in [0.05, 0.1) is 24.2 Å². The van der Waals surface area contributed by atoms with Gasteiger partial charge in [0, 0.05) is 20.1 Å². The molecule has 1 aliphatic heterocycles. The van der Waals surface area contributed by atoms with Gasteiger partial charge in [-0.1, -0.05) is 36.9 Å². The van der Waals surface area contributed by atoms with Gasteiger partial charge >= 0.3 is 6.03 Å². The topological polar surface area (TPSA) is 101 Å². The van der Waals surface area contributed by atoms with Gasteiger partial charge in [0.25, 0.3) is 0 Å². The minimum absolute atomic E-state index is 0.388. The molecule has 2 heterocycles. The van der Waals surface area contributed by atoms with Gasteiger partial charge in [-0.2, -0.15) is 0 Å². The third kappa shape index (κ3) is 4.88. The quantitative estimate of drug-likeness (QED) is 0.687. The molecule has 0 bridgehead atoms. The van der Waals surface area contributed by atoms with Crippen molar-refractivity contribution in [2.75, 3.05) is 38.3 Å². The average molecular weight is 419 g/mol. The molecule has 3 rings (SSSR count). The molecule has 1 aliphatic rings. The van der Waals surface area contributed by atoms with Gasteiger partial charge in [-0.3, -0.25) is 14.7 Å². The highest BCUT2D eigenvalue weighted by Crippen LogP contribution is 2.31. The number of benzene rings is 1. The van der Waals surface area contributed by atoms with E-state index in [1.165, 1.54) is 18.8 Å². The van der Waals surface area contributed by atoms with Crippen molar-refractivity contribution in [2.45, 2.75) is 30.7 Å². The highest BCUT2D eigenvalue weighted by atomic mass is 32.2. The zero-order chi connectivity index (χ0) is 20.8. The number of urea groups is 1. The number of nitrogens with zero attached hydrogens (tertiary/aromatic N) is 4. The molecule has 0 unspecified atom stereocenters. The van der Waals surface area contributed by atoms with Gasteiger partial charge in [-0.15, -0.1) is 10.2 Å². The second kappa shape index (κ2) is 9.75. The van der Waals surface area contributed by atoms with E-state index in [1.807, 2.05) is 22.8 Å². The molecule has 1 aromatic heterocycles. The lowest BCUT2D eigenvalue weighted by molar-refractivity contribution is -0.119. The first-order valence-corrected chi connectivity index (χ1v) is 10.5. The number of carbonyl (C=O) groups excluding carboxylic acids is 2. The number of ether oxygens (including phenoxy) is 1. The first kappa shape index (κ1) is 21.1. The number of hydrogen-bond donors (Lipinski definition) is 2. The summed E-state index contributed by atoms with van der Waals surface area (Å²) >= 11 is 1.27. The summed E-state index contributed by atoms with van der Waals surface area (Å²) in [4.78, 5) is 25.9. The van der Waals surface area contributed by atoms with Crippen LogP contribution in [0.1, 0.15) is 19.4 Å². The molecule has 1 atom stereocenters. The lowest BCUT2D eigenvalue weighted by atomic mass is 10.1. The van der Waals surface area contributed by atoms with E-state index in [1.54, 1.807) is 6.92 Å². The van der Waals surface area contributed by atoms with Crippen LogP contribution in [0.25, 0.3) is 5.69 Å². The monoisotopic (exact) mass is 418 g/mol. The normalized spacial score (nSPS) is 15.1. The van der Waals surface area contributed by atoms with E-state index in [-0.39, 0.29) is 5.91 Å². The van der Waals surface area contributed by atoms with Crippen LogP contribution in [-0.2, 0) is 16.0 Å². The third-order valence-corrected chi connectivity index (χ3v) is 5.68. The van der Waals surface area contributed by atoms with Crippen molar-refractivity contribution in [3.63, 3.8) is 0 Å². The van der Waals surface area contributed by atoms with Crippen LogP contribution in [0.5, 0.6) is 0 Å². The Morgan fingerprint density at radius 3 is 2.66 bits per heavy atom. The highest BCUT2D eigenvalue weighted by molar-refractivity contribution is 8.00. The second-order valence-electron chi connectivity index (χ2n) is 6.53. The molecule has 0 spiro atoms. The average Bonchev–Trinajstić information content (AvgIpc) is 3.17. The van der Waals surface area contributed by atoms with E-state index in [4.69, 9.17) is 4.74 Å². The van der Waals surface area contributed by atoms with Crippen LogP contribution in [0.15, 0.2) is 29.4 Å². The Hall–Kier alpha value is -2.59. The SMILES string of the molecule is CCc1ccccc1-n1c(S[C@@H](C)C(=O)NC(=O)NC)nnc1N1CCOCC1. The van der Waals surface area contributed by atoms with Gasteiger partial charge in [-0.25, -0.2) is 4.79 Å². The van der Waals surface area contributed by atoms with E-state index in [0.717, 1.165) is 36.7 Å². The van der Waals surface area contributed by atoms with Gasteiger partial charge in [0.15, 0.2) is 5.16 Å². The number of thioether (sulfide) groups is 1. The van der Waals surface area contributed by atoms with Crippen LogP contribution in [0.2, 0.25) is 0 Å². The van der Waals surface area contributed by atoms with Crippen molar-refractivity contribution >= 4 is 29.6 Å². The van der Waals surface area contributed by atoms with Gasteiger partial charge in [0.1, 0.15) is 0 Å². The zero-order valence-corrected chi connectivity index (χ0v) is 17.7. The Labute approximate surface area is 174 Å². The fourth-order valence-electron chi connectivity index (χ4n) is 3.03. The van der Waals surface area contributed by atoms with Crippen LogP contribution in [-0.4, -0.2) is 65.3 Å². The van der Waals surface area contributed by atoms with E-state index in [0.29, 0.717) is 18.4 Å². The maximum Gasteiger partial charge on any atom is 0.321 e. The van der Waals surface area contributed by atoms with Crippen LogP contribution < -0.4 is 15.5 Å². The first-order valence-electron chi connectivity index (χ1n) is 9.60. The zero-order valence-electron chi connectivity index (χ0n) is 16.8. The second-order valence-corrected chi connectivity index (χ2v) is 7.84. The number of aromatic nitrogens is 3. The summed E-state index contributed by atoms with van der Waals surface area (Å²) in [6.07, 6.45) is 0.855. The summed E-state index contributed by atoms with van der Waals surface area (Å²) in [6, 6.07) is 7.57. The minimum Gasteiger partial charge on any atom is -0.378 e. The Balaban J connectivity index is 1.95. The number of aryl methyl sites for hydroxylation is 1. The summed E-state index contributed by atoms with van der Waals surface area (Å²) in [6.45, 7) is 6.56. The number of nitrogens with one attached hydrogen (secondary N) is 2. The van der Waals surface area contributed by atoms with E-state index in [2.05, 4.69) is 38.7 Å². The predicted molar refractivity (Wildman–Crippen MR) is 112 cm³/mol. The molecule has 156 valence electrons. The maximum absolute atomic E-state index is 12.3. The maximum atomic E-state index is 12.3. The van der Waals surface area contributed by atoms with Crippen LogP contribution in [0, 0.1) is 0 Å². The number of amides is 3. The third-order valence-electron chi connectivity index (χ3n) is 4.64. The summed E-state index contributed by atoms with van der Waals surface area (Å²) in [5, 5.41) is 13.6. The van der Waals surface area contributed by atoms with Crippen LogP contribution >= 0.6 is 11.8 Å². The molecule has 2 N–H and O–H groups in total. The summed E-state index contributed by atoms with van der Waals surface area (Å²) in [7, 11) is 1.47. The lowest BCUT2D eigenvalue weighted by Crippen LogP contribution is -2.41. The van der Waals surface area contributed by atoms with Crippen LogP contribution in [0.3, 0.4) is 0 Å². The number of imide groups is 1. The molecule has 3 amide bonds. The Bertz CT molecular complexity index is 865. The lowest BCUT2D eigenvalue weighted by Gasteiger charge is -2.28. The molecular formula is C19H26N6O3S. The van der Waals surface area contributed by atoms with Crippen molar-refractivity contribution in [2.24, 2.45) is 0 Å². The van der Waals surface area contributed by atoms with Crippen molar-refractivity contribution in [1.29, 1.82) is 0 Å². The van der Waals surface area contributed by atoms with Gasteiger partial charge < -0.3 is 15.0 Å². The number of para-hydroxylation sites is 1. The number of hydrogen-bond acceptors (Lipinski definition) is 7. The standard InChI is InChI=1S/C19H26N6O3S/c1-4-14-7-5-6-8-15(14)25-18(24-9-11-28-12-10-24)22-23-19(25)29-13(2)16(26)21-17(27)20-3/h5-8,13H,4,9-12H2,1-3H3,(H2,20,21,26,27)/t13-/m0/s1. The molecule has 29 heavy (non-hydrogen) atoms. The fraction of sp³-hybridized carbons (Fsp3) is 0.474. The Kier molecular flexibility index (Phi) is 7.10. The molecule has 0 radical (unpaired) electrons. The largest absolute Gasteiger partial charge is 0.378 e. The predicted octanol–water partition coefficient (Wildman–Crippen LogP) is 1.60. The van der Waals surface area contributed by atoms with Crippen molar-refractivity contribution < 1.29 is 14.3 Å². The molecule has 0 aliphatic carbocycles. The first-order chi connectivity index (χ1) is 14.0. The molecule has 1 saturated heterocycles. The highest BCUT2D eigenvalue weighted by Gasteiger charge is 2.26. The van der Waals surface area contributed by atoms with Crippen molar-refractivity contribution in [3.05, 3.63) is 29.8 Å². The number of morpholine rings is 1. The summed E-state index contributed by atoms with van der Waals surface area (Å²) in [5.74, 6) is 0.344. The van der Waals surface area contributed by atoms with E-state index in [9.17, 15) is 9.59 Å². The molecule has 9 nitrogen and oxygen atoms in total.